The monoisotopic (exact) mass is 238 g/mol. The Morgan fingerprint density at radius 3 is 2.71 bits per heavy atom. The quantitative estimate of drug-likeness (QED) is 0.796. The molecule has 0 radical (unpaired) electrons. The molecule has 0 bridgehead atoms. The van der Waals surface area contributed by atoms with Gasteiger partial charge in [0.15, 0.2) is 0 Å². The molecule has 0 amide bonds. The molecule has 0 saturated carbocycles. The smallest absolute Gasteiger partial charge is 0.0246 e. The third-order valence-electron chi connectivity index (χ3n) is 5.00. The first-order chi connectivity index (χ1) is 7.99. The summed E-state index contributed by atoms with van der Waals surface area (Å²) in [6.07, 6.45) is 5.52. The van der Waals surface area contributed by atoms with E-state index in [2.05, 4.69) is 37.9 Å². The maximum Gasteiger partial charge on any atom is 0.0246 e. The van der Waals surface area contributed by atoms with Crippen molar-refractivity contribution >= 4 is 0 Å². The predicted molar refractivity (Wildman–Crippen MR) is 74.2 cm³/mol. The normalized spacial score (nSPS) is 39.2. The molecular weight excluding hydrogens is 208 g/mol. The summed E-state index contributed by atoms with van der Waals surface area (Å²) >= 11 is 0. The summed E-state index contributed by atoms with van der Waals surface area (Å²) in [5.74, 6) is 0.887. The van der Waals surface area contributed by atoms with Crippen LogP contribution in [0.2, 0.25) is 0 Å². The Bertz CT molecular complexity index is 249. The molecule has 2 aliphatic rings. The molecule has 0 spiro atoms. The lowest BCUT2D eigenvalue weighted by atomic mass is 9.77. The van der Waals surface area contributed by atoms with Crippen LogP contribution in [0, 0.1) is 11.3 Å². The van der Waals surface area contributed by atoms with E-state index >= 15 is 0 Å². The molecule has 2 heterocycles. The molecule has 3 atom stereocenters. The fourth-order valence-corrected chi connectivity index (χ4v) is 3.45. The van der Waals surface area contributed by atoms with Crippen molar-refractivity contribution in [2.24, 2.45) is 11.3 Å². The van der Waals surface area contributed by atoms with Gasteiger partial charge in [0.2, 0.25) is 0 Å². The molecule has 2 saturated heterocycles. The summed E-state index contributed by atoms with van der Waals surface area (Å²) in [5.41, 5.74) is 0.471. The van der Waals surface area contributed by atoms with Gasteiger partial charge < -0.3 is 5.32 Å². The van der Waals surface area contributed by atoms with E-state index in [-0.39, 0.29) is 0 Å². The summed E-state index contributed by atoms with van der Waals surface area (Å²) in [6.45, 7) is 13.4. The zero-order valence-corrected chi connectivity index (χ0v) is 12.1. The van der Waals surface area contributed by atoms with Crippen LogP contribution < -0.4 is 5.32 Å². The fourth-order valence-electron chi connectivity index (χ4n) is 3.45. The maximum absolute atomic E-state index is 3.75. The van der Waals surface area contributed by atoms with Gasteiger partial charge in [0.1, 0.15) is 0 Å². The average molecular weight is 238 g/mol. The molecule has 0 aliphatic carbocycles. The highest BCUT2D eigenvalue weighted by atomic mass is 15.2. The van der Waals surface area contributed by atoms with Crippen LogP contribution in [0.15, 0.2) is 0 Å². The Morgan fingerprint density at radius 2 is 2.00 bits per heavy atom. The number of rotatable bonds is 2. The number of likely N-dealkylation sites (tertiary alicyclic amines) is 1. The zero-order chi connectivity index (χ0) is 12.5. The standard InChI is InChI=1S/C15H30N2/c1-12-6-7-13(2)17(10-12)11-14-15(3,4)8-5-9-16-14/h12-14,16H,5-11H2,1-4H3. The van der Waals surface area contributed by atoms with Crippen LogP contribution in [0.4, 0.5) is 0 Å². The van der Waals surface area contributed by atoms with Crippen LogP contribution >= 0.6 is 0 Å². The third-order valence-corrected chi connectivity index (χ3v) is 5.00. The van der Waals surface area contributed by atoms with Crippen LogP contribution in [-0.2, 0) is 0 Å². The van der Waals surface area contributed by atoms with Gasteiger partial charge >= 0.3 is 0 Å². The highest BCUT2D eigenvalue weighted by molar-refractivity contribution is 4.92. The topological polar surface area (TPSA) is 15.3 Å². The molecule has 0 aromatic heterocycles. The average Bonchev–Trinajstić information content (AvgIpc) is 2.26. The third kappa shape index (κ3) is 3.23. The van der Waals surface area contributed by atoms with Gasteiger partial charge in [-0.2, -0.15) is 0 Å². The van der Waals surface area contributed by atoms with E-state index in [0.717, 1.165) is 12.0 Å². The summed E-state index contributed by atoms with van der Waals surface area (Å²) in [5, 5.41) is 3.75. The number of hydrogen-bond acceptors (Lipinski definition) is 2. The lowest BCUT2D eigenvalue weighted by Gasteiger charge is -2.45. The fraction of sp³-hybridized carbons (Fsp3) is 1.00. The zero-order valence-electron chi connectivity index (χ0n) is 12.1. The van der Waals surface area contributed by atoms with E-state index in [1.165, 1.54) is 45.3 Å². The van der Waals surface area contributed by atoms with Crippen molar-refractivity contribution in [1.82, 2.24) is 10.2 Å². The minimum atomic E-state index is 0.471. The molecule has 3 unspecified atom stereocenters. The Hall–Kier alpha value is -0.0800. The molecule has 2 heteroatoms. The van der Waals surface area contributed by atoms with Gasteiger partial charge in [-0.05, 0) is 50.5 Å². The minimum Gasteiger partial charge on any atom is -0.312 e. The molecule has 0 aromatic carbocycles. The van der Waals surface area contributed by atoms with Gasteiger partial charge in [0.25, 0.3) is 0 Å². The Labute approximate surface area is 107 Å². The first-order valence-corrected chi connectivity index (χ1v) is 7.46. The number of nitrogens with one attached hydrogen (secondary N) is 1. The molecule has 2 fully saturated rings. The minimum absolute atomic E-state index is 0.471. The predicted octanol–water partition coefficient (Wildman–Crippen LogP) is 2.89. The molecule has 17 heavy (non-hydrogen) atoms. The summed E-state index contributed by atoms with van der Waals surface area (Å²) in [7, 11) is 0. The van der Waals surface area contributed by atoms with Crippen molar-refractivity contribution in [2.75, 3.05) is 19.6 Å². The lowest BCUT2D eigenvalue weighted by molar-refractivity contribution is 0.0697. The van der Waals surface area contributed by atoms with Gasteiger partial charge in [-0.1, -0.05) is 20.8 Å². The highest BCUT2D eigenvalue weighted by Crippen LogP contribution is 2.32. The van der Waals surface area contributed by atoms with Gasteiger partial charge in [-0.25, -0.2) is 0 Å². The van der Waals surface area contributed by atoms with Crippen molar-refractivity contribution in [1.29, 1.82) is 0 Å². The molecule has 2 rings (SSSR count). The van der Waals surface area contributed by atoms with Crippen LogP contribution in [0.3, 0.4) is 0 Å². The second-order valence-electron chi connectivity index (χ2n) is 7.08. The second-order valence-corrected chi connectivity index (χ2v) is 7.08. The largest absolute Gasteiger partial charge is 0.312 e. The highest BCUT2D eigenvalue weighted by Gasteiger charge is 2.35. The first kappa shape index (κ1) is 13.4. The molecule has 0 aromatic rings. The van der Waals surface area contributed by atoms with E-state index in [9.17, 15) is 0 Å². The molecule has 1 N–H and O–H groups in total. The molecule has 2 aliphatic heterocycles. The first-order valence-electron chi connectivity index (χ1n) is 7.46. The van der Waals surface area contributed by atoms with Crippen LogP contribution in [0.25, 0.3) is 0 Å². The lowest BCUT2D eigenvalue weighted by Crippen LogP contribution is -2.55. The molecule has 100 valence electrons. The van der Waals surface area contributed by atoms with Crippen molar-refractivity contribution < 1.29 is 0 Å². The second kappa shape index (κ2) is 5.27. The van der Waals surface area contributed by atoms with Crippen molar-refractivity contribution in [3.05, 3.63) is 0 Å². The Balaban J connectivity index is 1.94. The maximum atomic E-state index is 3.75. The van der Waals surface area contributed by atoms with Gasteiger partial charge in [-0.15, -0.1) is 0 Å². The molecular formula is C15H30N2. The Morgan fingerprint density at radius 1 is 1.24 bits per heavy atom. The van der Waals surface area contributed by atoms with E-state index in [4.69, 9.17) is 0 Å². The van der Waals surface area contributed by atoms with Gasteiger partial charge in [0.05, 0.1) is 0 Å². The van der Waals surface area contributed by atoms with E-state index in [1.54, 1.807) is 0 Å². The van der Waals surface area contributed by atoms with Crippen molar-refractivity contribution in [3.63, 3.8) is 0 Å². The number of nitrogens with zero attached hydrogens (tertiary/aromatic N) is 1. The Kier molecular flexibility index (Phi) is 4.14. The molecule has 2 nitrogen and oxygen atoms in total. The van der Waals surface area contributed by atoms with Crippen molar-refractivity contribution in [3.8, 4) is 0 Å². The van der Waals surface area contributed by atoms with Crippen LogP contribution in [0.1, 0.15) is 53.4 Å². The summed E-state index contributed by atoms with van der Waals surface area (Å²) in [6, 6.07) is 1.47. The van der Waals surface area contributed by atoms with Crippen LogP contribution in [0.5, 0.6) is 0 Å². The van der Waals surface area contributed by atoms with Crippen molar-refractivity contribution in [2.45, 2.75) is 65.5 Å². The number of hydrogen-bond donors (Lipinski definition) is 1. The van der Waals surface area contributed by atoms with E-state index in [1.807, 2.05) is 0 Å². The van der Waals surface area contributed by atoms with Gasteiger partial charge in [-0.3, -0.25) is 4.90 Å². The van der Waals surface area contributed by atoms with Gasteiger partial charge in [0, 0.05) is 25.2 Å². The van der Waals surface area contributed by atoms with E-state index < -0.39 is 0 Å². The van der Waals surface area contributed by atoms with Crippen LogP contribution in [-0.4, -0.2) is 36.6 Å². The SMILES string of the molecule is CC1CCC(C)N(CC2NCCCC2(C)C)C1. The summed E-state index contributed by atoms with van der Waals surface area (Å²) in [4.78, 5) is 2.72. The number of piperidine rings is 2. The summed E-state index contributed by atoms with van der Waals surface area (Å²) < 4.78 is 0. The van der Waals surface area contributed by atoms with E-state index in [0.29, 0.717) is 11.5 Å².